The van der Waals surface area contributed by atoms with E-state index in [0.717, 1.165) is 21.9 Å². The molecule has 4 nitrogen and oxygen atoms in total. The van der Waals surface area contributed by atoms with E-state index in [9.17, 15) is 9.59 Å². The van der Waals surface area contributed by atoms with Crippen molar-refractivity contribution >= 4 is 43.7 Å². The minimum absolute atomic E-state index is 0.0165. The Hall–Kier alpha value is -0.880. The predicted molar refractivity (Wildman–Crippen MR) is 89.2 cm³/mol. The monoisotopic (exact) mass is 416 g/mol. The number of benzene rings is 1. The van der Waals surface area contributed by atoms with Gasteiger partial charge in [-0.15, -0.1) is 0 Å². The molecule has 1 aromatic rings. The molecule has 0 saturated carbocycles. The number of nitrogens with zero attached hydrogens (tertiary/aromatic N) is 2. The summed E-state index contributed by atoms with van der Waals surface area (Å²) in [5.74, 6) is 0.178. The number of carbonyl (C=O) groups is 2. The maximum Gasteiger partial charge on any atom is 0.253 e. The first-order valence-electron chi connectivity index (χ1n) is 7.04. The van der Waals surface area contributed by atoms with Crippen LogP contribution in [0.2, 0.25) is 0 Å². The summed E-state index contributed by atoms with van der Waals surface area (Å²) >= 11 is 6.81. The first-order valence-corrected chi connectivity index (χ1v) is 8.63. The van der Waals surface area contributed by atoms with Gasteiger partial charge in [0.1, 0.15) is 0 Å². The van der Waals surface area contributed by atoms with Crippen LogP contribution in [0, 0.1) is 0 Å². The van der Waals surface area contributed by atoms with Gasteiger partial charge in [0.2, 0.25) is 5.91 Å². The molecule has 6 heteroatoms. The number of rotatable bonds is 2. The van der Waals surface area contributed by atoms with Gasteiger partial charge in [0, 0.05) is 47.1 Å². The van der Waals surface area contributed by atoms with Gasteiger partial charge in [-0.2, -0.15) is 0 Å². The zero-order chi connectivity index (χ0) is 15.4. The second-order valence-corrected chi connectivity index (χ2v) is 6.87. The average molecular weight is 418 g/mol. The Morgan fingerprint density at radius 2 is 1.57 bits per heavy atom. The van der Waals surface area contributed by atoms with E-state index in [1.165, 1.54) is 0 Å². The summed E-state index contributed by atoms with van der Waals surface area (Å²) in [6.45, 7) is 4.51. The molecule has 21 heavy (non-hydrogen) atoms. The fourth-order valence-corrected chi connectivity index (χ4v) is 3.75. The Bertz CT molecular complexity index is 528. The van der Waals surface area contributed by atoms with Crippen LogP contribution in [0.5, 0.6) is 0 Å². The van der Waals surface area contributed by atoms with Crippen molar-refractivity contribution in [2.75, 3.05) is 26.2 Å². The highest BCUT2D eigenvalue weighted by molar-refractivity contribution is 9.11. The number of amides is 2. The number of hydrogen-bond acceptors (Lipinski definition) is 2. The lowest BCUT2D eigenvalue weighted by Gasteiger charge is -2.22. The van der Waals surface area contributed by atoms with Crippen LogP contribution in [0.4, 0.5) is 0 Å². The normalized spacial score (nSPS) is 15.8. The molecular weight excluding hydrogens is 400 g/mol. The molecule has 1 aliphatic heterocycles. The molecule has 2 amide bonds. The zero-order valence-corrected chi connectivity index (χ0v) is 15.1. The van der Waals surface area contributed by atoms with E-state index < -0.39 is 0 Å². The van der Waals surface area contributed by atoms with Crippen molar-refractivity contribution in [1.82, 2.24) is 9.80 Å². The lowest BCUT2D eigenvalue weighted by molar-refractivity contribution is -0.130. The minimum atomic E-state index is 0.0165. The third-order valence-corrected chi connectivity index (χ3v) is 4.46. The quantitative estimate of drug-likeness (QED) is 0.740. The Kier molecular flexibility index (Phi) is 5.81. The molecule has 0 unspecified atom stereocenters. The summed E-state index contributed by atoms with van der Waals surface area (Å²) in [5.41, 5.74) is 0.659. The maximum atomic E-state index is 12.6. The smallest absolute Gasteiger partial charge is 0.253 e. The van der Waals surface area contributed by atoms with E-state index in [-0.39, 0.29) is 11.8 Å². The fraction of sp³-hybridized carbons (Fsp3) is 0.467. The van der Waals surface area contributed by atoms with Crippen LogP contribution >= 0.6 is 31.9 Å². The van der Waals surface area contributed by atoms with E-state index in [2.05, 4.69) is 31.9 Å². The van der Waals surface area contributed by atoms with Gasteiger partial charge in [0.05, 0.1) is 0 Å². The van der Waals surface area contributed by atoms with Gasteiger partial charge >= 0.3 is 0 Å². The van der Waals surface area contributed by atoms with Crippen LogP contribution in [-0.4, -0.2) is 47.8 Å². The molecule has 1 saturated heterocycles. The SMILES string of the molecule is CCC(=O)N1CCCN(C(=O)c2cc(Br)cc(Br)c2)CC1. The summed E-state index contributed by atoms with van der Waals surface area (Å²) < 4.78 is 1.75. The molecule has 1 aromatic carbocycles. The van der Waals surface area contributed by atoms with Crippen LogP contribution in [-0.2, 0) is 4.79 Å². The second kappa shape index (κ2) is 7.40. The van der Waals surface area contributed by atoms with Crippen LogP contribution < -0.4 is 0 Å². The van der Waals surface area contributed by atoms with Crippen molar-refractivity contribution in [3.05, 3.63) is 32.7 Å². The molecular formula is C15H18Br2N2O2. The van der Waals surface area contributed by atoms with Crippen LogP contribution in [0.25, 0.3) is 0 Å². The van der Waals surface area contributed by atoms with Gasteiger partial charge in [-0.05, 0) is 24.6 Å². The maximum absolute atomic E-state index is 12.6. The zero-order valence-electron chi connectivity index (χ0n) is 11.9. The summed E-state index contributed by atoms with van der Waals surface area (Å²) in [5, 5.41) is 0. The number of hydrogen-bond donors (Lipinski definition) is 0. The van der Waals surface area contributed by atoms with Crippen molar-refractivity contribution in [1.29, 1.82) is 0 Å². The highest BCUT2D eigenvalue weighted by atomic mass is 79.9. The molecule has 114 valence electrons. The molecule has 0 N–H and O–H groups in total. The predicted octanol–water partition coefficient (Wildman–Crippen LogP) is 3.30. The second-order valence-electron chi connectivity index (χ2n) is 5.04. The molecule has 0 aliphatic carbocycles. The molecule has 0 atom stereocenters. The third kappa shape index (κ3) is 4.30. The Labute approximate surface area is 141 Å². The van der Waals surface area contributed by atoms with Crippen molar-refractivity contribution in [2.45, 2.75) is 19.8 Å². The third-order valence-electron chi connectivity index (χ3n) is 3.55. The molecule has 0 bridgehead atoms. The number of carbonyl (C=O) groups excluding carboxylic acids is 2. The first-order chi connectivity index (χ1) is 10.0. The molecule has 1 aliphatic rings. The molecule has 0 aromatic heterocycles. The first kappa shape index (κ1) is 16.5. The van der Waals surface area contributed by atoms with E-state index in [1.54, 1.807) is 0 Å². The van der Waals surface area contributed by atoms with Crippen LogP contribution in [0.3, 0.4) is 0 Å². The molecule has 0 spiro atoms. The van der Waals surface area contributed by atoms with Gasteiger partial charge < -0.3 is 9.80 Å². The van der Waals surface area contributed by atoms with Gasteiger partial charge in [0.15, 0.2) is 0 Å². The van der Waals surface area contributed by atoms with Gasteiger partial charge in [-0.3, -0.25) is 9.59 Å². The van der Waals surface area contributed by atoms with Crippen LogP contribution in [0.15, 0.2) is 27.1 Å². The van der Waals surface area contributed by atoms with E-state index >= 15 is 0 Å². The van der Waals surface area contributed by atoms with E-state index in [0.29, 0.717) is 31.6 Å². The van der Waals surface area contributed by atoms with Crippen molar-refractivity contribution < 1.29 is 9.59 Å². The topological polar surface area (TPSA) is 40.6 Å². The largest absolute Gasteiger partial charge is 0.341 e. The van der Waals surface area contributed by atoms with E-state index in [1.807, 2.05) is 34.9 Å². The number of halogens is 2. The fourth-order valence-electron chi connectivity index (χ4n) is 2.45. The van der Waals surface area contributed by atoms with Crippen molar-refractivity contribution in [2.24, 2.45) is 0 Å². The summed E-state index contributed by atoms with van der Waals surface area (Å²) in [4.78, 5) is 28.0. The minimum Gasteiger partial charge on any atom is -0.341 e. The van der Waals surface area contributed by atoms with E-state index in [4.69, 9.17) is 0 Å². The van der Waals surface area contributed by atoms with Crippen molar-refractivity contribution in [3.8, 4) is 0 Å². The summed E-state index contributed by atoms with van der Waals surface area (Å²) in [7, 11) is 0. The lowest BCUT2D eigenvalue weighted by atomic mass is 10.2. The lowest BCUT2D eigenvalue weighted by Crippen LogP contribution is -2.37. The average Bonchev–Trinajstić information content (AvgIpc) is 2.70. The van der Waals surface area contributed by atoms with Crippen molar-refractivity contribution in [3.63, 3.8) is 0 Å². The highest BCUT2D eigenvalue weighted by Gasteiger charge is 2.22. The Balaban J connectivity index is 2.08. The highest BCUT2D eigenvalue weighted by Crippen LogP contribution is 2.21. The Morgan fingerprint density at radius 1 is 1.00 bits per heavy atom. The summed E-state index contributed by atoms with van der Waals surface area (Å²) in [6, 6.07) is 5.56. The molecule has 1 fully saturated rings. The molecule has 1 heterocycles. The van der Waals surface area contributed by atoms with Crippen LogP contribution in [0.1, 0.15) is 30.1 Å². The van der Waals surface area contributed by atoms with Gasteiger partial charge in [-0.25, -0.2) is 0 Å². The molecule has 2 rings (SSSR count). The summed E-state index contributed by atoms with van der Waals surface area (Å²) in [6.07, 6.45) is 1.35. The standard InChI is InChI=1S/C15H18Br2N2O2/c1-2-14(20)18-4-3-5-19(7-6-18)15(21)11-8-12(16)10-13(17)9-11/h8-10H,2-7H2,1H3. The molecule has 0 radical (unpaired) electrons. The Morgan fingerprint density at radius 3 is 2.19 bits per heavy atom. The van der Waals surface area contributed by atoms with Gasteiger partial charge in [-0.1, -0.05) is 38.8 Å². The van der Waals surface area contributed by atoms with Gasteiger partial charge in [0.25, 0.3) is 5.91 Å².